The number of methoxy groups -OCH3 is 1. The van der Waals surface area contributed by atoms with Gasteiger partial charge in [0.05, 0.1) is 36.9 Å². The van der Waals surface area contributed by atoms with Crippen molar-refractivity contribution in [1.82, 2.24) is 14.9 Å². The Morgan fingerprint density at radius 2 is 1.91 bits per heavy atom. The van der Waals surface area contributed by atoms with E-state index in [1.807, 2.05) is 44.4 Å². The van der Waals surface area contributed by atoms with Gasteiger partial charge in [-0.15, -0.1) is 0 Å². The lowest BCUT2D eigenvalue weighted by atomic mass is 10.1. The average Bonchev–Trinajstić information content (AvgIpc) is 3.39. The van der Waals surface area contributed by atoms with Crippen molar-refractivity contribution < 1.29 is 18.9 Å². The molecule has 3 aromatic rings. The van der Waals surface area contributed by atoms with Crippen LogP contribution in [0.1, 0.15) is 0 Å². The molecule has 8 nitrogen and oxygen atoms in total. The first-order valence-corrected chi connectivity index (χ1v) is 11.7. The second-order valence-corrected chi connectivity index (χ2v) is 9.54. The summed E-state index contributed by atoms with van der Waals surface area (Å²) >= 11 is 9.64. The lowest BCUT2D eigenvalue weighted by molar-refractivity contribution is 0.0271. The summed E-state index contributed by atoms with van der Waals surface area (Å²) in [4.78, 5) is 11.0. The molecular formula is C23H24BrClN4O4. The first kappa shape index (κ1) is 22.6. The number of fused-ring (bicyclic) bond motifs is 2. The largest absolute Gasteiger partial charge is 0.493 e. The Labute approximate surface area is 205 Å². The molecular weight excluding hydrogens is 512 g/mol. The van der Waals surface area contributed by atoms with E-state index in [0.29, 0.717) is 35.6 Å². The van der Waals surface area contributed by atoms with Crippen LogP contribution in [0, 0.1) is 0 Å². The summed E-state index contributed by atoms with van der Waals surface area (Å²) in [5.74, 6) is 1.81. The number of nitrogens with zero attached hydrogens (tertiary/aromatic N) is 3. The second kappa shape index (κ2) is 9.23. The van der Waals surface area contributed by atoms with Gasteiger partial charge in [-0.3, -0.25) is 0 Å². The lowest BCUT2D eigenvalue weighted by Gasteiger charge is -2.22. The van der Waals surface area contributed by atoms with Crippen molar-refractivity contribution in [1.29, 1.82) is 0 Å². The number of hydrogen-bond donors (Lipinski definition) is 1. The van der Waals surface area contributed by atoms with Crippen molar-refractivity contribution in [2.24, 2.45) is 0 Å². The number of likely N-dealkylation sites (N-methyl/N-ethyl adjacent to an activating group) is 1. The highest BCUT2D eigenvalue weighted by atomic mass is 79.9. The third-order valence-corrected chi connectivity index (χ3v) is 7.26. The van der Waals surface area contributed by atoms with Gasteiger partial charge >= 0.3 is 0 Å². The van der Waals surface area contributed by atoms with E-state index in [1.54, 1.807) is 7.11 Å². The summed E-state index contributed by atoms with van der Waals surface area (Å²) < 4.78 is 24.8. The molecule has 0 amide bonds. The molecule has 10 heteroatoms. The van der Waals surface area contributed by atoms with Crippen molar-refractivity contribution in [3.05, 3.63) is 46.2 Å². The number of ether oxygens (including phenoxy) is 4. The number of nitrogens with one attached hydrogen (secondary N) is 1. The topological polar surface area (TPSA) is 78.0 Å². The Balaban J connectivity index is 1.42. The molecule has 2 fully saturated rings. The van der Waals surface area contributed by atoms with Gasteiger partial charge in [0.25, 0.3) is 0 Å². The minimum atomic E-state index is -0.226. The Hall–Kier alpha value is -2.17. The Kier molecular flexibility index (Phi) is 6.32. The maximum absolute atomic E-state index is 6.34. The first-order chi connectivity index (χ1) is 15.9. The van der Waals surface area contributed by atoms with Gasteiger partial charge in [0.15, 0.2) is 17.6 Å². The number of anilines is 2. The van der Waals surface area contributed by atoms with E-state index < -0.39 is 0 Å². The van der Waals surface area contributed by atoms with Crippen LogP contribution in [0.4, 0.5) is 11.5 Å². The second-order valence-electron chi connectivity index (χ2n) is 8.28. The molecule has 33 heavy (non-hydrogen) atoms. The van der Waals surface area contributed by atoms with Gasteiger partial charge in [0.2, 0.25) is 0 Å². The van der Waals surface area contributed by atoms with Gasteiger partial charge in [-0.25, -0.2) is 9.97 Å². The number of halogens is 2. The maximum atomic E-state index is 6.34. The number of hydrogen-bond acceptors (Lipinski definition) is 8. The van der Waals surface area contributed by atoms with Gasteiger partial charge in [-0.05, 0) is 54.3 Å². The van der Waals surface area contributed by atoms with Gasteiger partial charge in [-0.2, -0.15) is 0 Å². The molecule has 1 N–H and O–H groups in total. The van der Waals surface area contributed by atoms with Crippen molar-refractivity contribution in [2.45, 2.75) is 24.4 Å². The zero-order chi connectivity index (χ0) is 23.1. The molecule has 0 saturated carbocycles. The number of benzene rings is 2. The smallest absolute Gasteiger partial charge is 0.164 e. The molecule has 174 valence electrons. The van der Waals surface area contributed by atoms with Crippen LogP contribution in [0.15, 0.2) is 41.1 Å². The van der Waals surface area contributed by atoms with Crippen molar-refractivity contribution in [3.8, 4) is 11.5 Å². The predicted octanol–water partition coefficient (Wildman–Crippen LogP) is 4.27. The van der Waals surface area contributed by atoms with E-state index in [2.05, 4.69) is 36.1 Å². The third kappa shape index (κ3) is 4.36. The molecule has 0 unspecified atom stereocenters. The maximum Gasteiger partial charge on any atom is 0.164 e. The SMILES string of the molecule is COc1cc2c(Nc3ccc(Br)c(Cl)c3)ncnc2cc1O[C@H]1CO[C@H]2[C@@H]1OC[C@@H]2N(C)C. The van der Waals surface area contributed by atoms with Crippen LogP contribution in [0.25, 0.3) is 10.9 Å². The minimum Gasteiger partial charge on any atom is -0.493 e. The molecule has 3 heterocycles. The first-order valence-electron chi connectivity index (χ1n) is 10.6. The summed E-state index contributed by atoms with van der Waals surface area (Å²) in [5, 5.41) is 4.71. The normalized spacial score (nSPS) is 24.3. The van der Waals surface area contributed by atoms with Crippen LogP contribution in [-0.2, 0) is 9.47 Å². The highest BCUT2D eigenvalue weighted by Gasteiger charge is 2.49. The molecule has 0 aliphatic carbocycles. The van der Waals surface area contributed by atoms with Gasteiger partial charge in [0.1, 0.15) is 24.4 Å². The van der Waals surface area contributed by atoms with Crippen LogP contribution in [-0.4, -0.2) is 73.6 Å². The molecule has 0 spiro atoms. The quantitative estimate of drug-likeness (QED) is 0.501. The average molecular weight is 536 g/mol. The van der Waals surface area contributed by atoms with Crippen molar-refractivity contribution in [3.63, 3.8) is 0 Å². The lowest BCUT2D eigenvalue weighted by Crippen LogP contribution is -2.41. The number of rotatable bonds is 6. The molecule has 4 atom stereocenters. The predicted molar refractivity (Wildman–Crippen MR) is 130 cm³/mol. The van der Waals surface area contributed by atoms with E-state index in [4.69, 9.17) is 30.5 Å². The fraction of sp³-hybridized carbons (Fsp3) is 0.391. The van der Waals surface area contributed by atoms with Crippen LogP contribution >= 0.6 is 27.5 Å². The highest BCUT2D eigenvalue weighted by molar-refractivity contribution is 9.10. The van der Waals surface area contributed by atoms with Crippen LogP contribution in [0.2, 0.25) is 5.02 Å². The summed E-state index contributed by atoms with van der Waals surface area (Å²) in [6, 6.07) is 9.57. The Bertz CT molecular complexity index is 1180. The van der Waals surface area contributed by atoms with Crippen LogP contribution in [0.3, 0.4) is 0 Å². The molecule has 2 aliphatic heterocycles. The van der Waals surface area contributed by atoms with Crippen LogP contribution in [0.5, 0.6) is 11.5 Å². The van der Waals surface area contributed by atoms with E-state index in [-0.39, 0.29) is 24.4 Å². The van der Waals surface area contributed by atoms with Crippen molar-refractivity contribution >= 4 is 49.9 Å². The summed E-state index contributed by atoms with van der Waals surface area (Å²) in [5.41, 5.74) is 1.53. The third-order valence-electron chi connectivity index (χ3n) is 6.03. The Morgan fingerprint density at radius 3 is 2.67 bits per heavy atom. The Morgan fingerprint density at radius 1 is 1.09 bits per heavy atom. The fourth-order valence-electron chi connectivity index (χ4n) is 4.28. The molecule has 2 aromatic carbocycles. The van der Waals surface area contributed by atoms with Gasteiger partial charge in [0, 0.05) is 21.6 Å². The molecule has 5 rings (SSSR count). The molecule has 2 aliphatic rings. The standard InChI is InChI=1S/C23H24BrClN4O4/c1-29(2)17-9-31-22-20(10-32-21(17)22)33-19-8-16-13(7-18(19)30-3)23(27-11-26-16)28-12-4-5-14(24)15(25)6-12/h4-8,11,17,20-22H,9-10H2,1-3H3,(H,26,27,28)/t17-,20-,21+,22+/m0/s1. The zero-order valence-electron chi connectivity index (χ0n) is 18.4. The summed E-state index contributed by atoms with van der Waals surface area (Å²) in [6.45, 7) is 1.08. The summed E-state index contributed by atoms with van der Waals surface area (Å²) in [7, 11) is 5.68. The highest BCUT2D eigenvalue weighted by Crippen LogP contribution is 2.38. The molecule has 0 radical (unpaired) electrons. The number of aromatic nitrogens is 2. The van der Waals surface area contributed by atoms with Crippen molar-refractivity contribution in [2.75, 3.05) is 39.7 Å². The van der Waals surface area contributed by atoms with Crippen LogP contribution < -0.4 is 14.8 Å². The fourth-order valence-corrected chi connectivity index (χ4v) is 4.70. The van der Waals surface area contributed by atoms with E-state index >= 15 is 0 Å². The molecule has 0 bridgehead atoms. The molecule has 1 aromatic heterocycles. The van der Waals surface area contributed by atoms with E-state index in [9.17, 15) is 0 Å². The zero-order valence-corrected chi connectivity index (χ0v) is 20.8. The van der Waals surface area contributed by atoms with E-state index in [1.165, 1.54) is 6.33 Å². The minimum absolute atomic E-state index is 0.00712. The summed E-state index contributed by atoms with van der Waals surface area (Å²) in [6.07, 6.45) is 1.16. The van der Waals surface area contributed by atoms with E-state index in [0.717, 1.165) is 21.1 Å². The van der Waals surface area contributed by atoms with Gasteiger partial charge in [-0.1, -0.05) is 11.6 Å². The molecule has 2 saturated heterocycles. The van der Waals surface area contributed by atoms with Gasteiger partial charge < -0.3 is 29.2 Å². The monoisotopic (exact) mass is 534 g/mol.